The number of rotatable bonds is 4. The molecule has 0 radical (unpaired) electrons. The summed E-state index contributed by atoms with van der Waals surface area (Å²) in [6.07, 6.45) is 1.49. The lowest BCUT2D eigenvalue weighted by Crippen LogP contribution is -2.31. The van der Waals surface area contributed by atoms with Crippen molar-refractivity contribution in [2.75, 3.05) is 19.8 Å². The van der Waals surface area contributed by atoms with E-state index >= 15 is 4.39 Å². The van der Waals surface area contributed by atoms with Gasteiger partial charge < -0.3 is 23.5 Å². The maximum absolute atomic E-state index is 15.8. The van der Waals surface area contributed by atoms with Crippen molar-refractivity contribution in [2.24, 2.45) is 0 Å². The van der Waals surface area contributed by atoms with E-state index in [0.29, 0.717) is 52.7 Å². The first-order valence-corrected chi connectivity index (χ1v) is 14.3. The fourth-order valence-electron chi connectivity index (χ4n) is 5.47. The van der Waals surface area contributed by atoms with Crippen molar-refractivity contribution < 1.29 is 23.3 Å². The van der Waals surface area contributed by atoms with E-state index in [4.69, 9.17) is 23.9 Å². The third-order valence-electron chi connectivity index (χ3n) is 7.83. The Kier molecular flexibility index (Phi) is 7.13. The Morgan fingerprint density at radius 3 is 2.63 bits per heavy atom. The molecule has 2 aliphatic rings. The number of benzene rings is 3. The number of nitrogens with zero attached hydrogens (tertiary/aromatic N) is 4. The van der Waals surface area contributed by atoms with Crippen molar-refractivity contribution in [3.05, 3.63) is 101 Å². The zero-order chi connectivity index (χ0) is 29.3. The summed E-state index contributed by atoms with van der Waals surface area (Å²) in [5, 5.41) is 9.39. The molecule has 5 aromatic rings. The van der Waals surface area contributed by atoms with Crippen molar-refractivity contribution in [1.29, 1.82) is 5.26 Å². The first-order valence-electron chi connectivity index (χ1n) is 14.3. The molecular formula is C34H29FN4O4. The highest BCUT2D eigenvalue weighted by molar-refractivity contribution is 5.77. The fourth-order valence-corrected chi connectivity index (χ4v) is 5.47. The van der Waals surface area contributed by atoms with Gasteiger partial charge in [0.25, 0.3) is 0 Å². The van der Waals surface area contributed by atoms with Crippen LogP contribution in [0.4, 0.5) is 4.39 Å². The standard InChI is InChI=1S/C34H29FN4O4/c1-21-5-8-29-30(13-21)39(19-25-9-10-40-25)33(37-29)16-24-15-27(35)26-17-32(24)42-12-11-41-31-14-22(18-36)6-7-23(31)20-43-34-4-2-3-28(26)38-34/h2-8,13-15,17,25H,9-12,16,19-20H2,1H3. The van der Waals surface area contributed by atoms with Gasteiger partial charge in [0.05, 0.1) is 41.0 Å². The molecule has 0 amide bonds. The van der Waals surface area contributed by atoms with Crippen LogP contribution < -0.4 is 14.2 Å². The van der Waals surface area contributed by atoms with Crippen LogP contribution in [0.15, 0.2) is 66.7 Å². The van der Waals surface area contributed by atoms with Crippen molar-refractivity contribution in [2.45, 2.75) is 39.0 Å². The third-order valence-corrected chi connectivity index (χ3v) is 7.83. The van der Waals surface area contributed by atoms with Crippen LogP contribution in [0.25, 0.3) is 22.3 Å². The first-order chi connectivity index (χ1) is 21.0. The topological polar surface area (TPSA) is 91.4 Å². The van der Waals surface area contributed by atoms with Gasteiger partial charge in [-0.2, -0.15) is 5.26 Å². The van der Waals surface area contributed by atoms with Crippen LogP contribution in [0.1, 0.15) is 34.5 Å². The monoisotopic (exact) mass is 576 g/mol. The van der Waals surface area contributed by atoms with Crippen molar-refractivity contribution in [3.63, 3.8) is 0 Å². The number of aryl methyl sites for hydroxylation is 1. The van der Waals surface area contributed by atoms with Crippen LogP contribution in [0.5, 0.6) is 17.4 Å². The molecule has 0 saturated carbocycles. The Balaban J connectivity index is 1.27. The van der Waals surface area contributed by atoms with Gasteiger partial charge in [0.15, 0.2) is 0 Å². The zero-order valence-electron chi connectivity index (χ0n) is 23.7. The number of hydrogen-bond donors (Lipinski definition) is 0. The van der Waals surface area contributed by atoms with E-state index in [1.807, 2.05) is 12.1 Å². The molecule has 0 aliphatic carbocycles. The van der Waals surface area contributed by atoms with E-state index in [1.165, 1.54) is 6.07 Å². The largest absolute Gasteiger partial charge is 0.490 e. The van der Waals surface area contributed by atoms with Crippen molar-refractivity contribution in [3.8, 4) is 34.7 Å². The minimum atomic E-state index is -0.412. The van der Waals surface area contributed by atoms with Crippen LogP contribution in [-0.4, -0.2) is 40.5 Å². The summed E-state index contributed by atoms with van der Waals surface area (Å²) < 4.78 is 42.0. The molecule has 4 bridgehead atoms. The minimum Gasteiger partial charge on any atom is -0.490 e. The summed E-state index contributed by atoms with van der Waals surface area (Å²) >= 11 is 0. The molecule has 1 saturated heterocycles. The lowest BCUT2D eigenvalue weighted by molar-refractivity contribution is -0.0589. The third kappa shape index (κ3) is 5.49. The second-order valence-corrected chi connectivity index (χ2v) is 10.8. The lowest BCUT2D eigenvalue weighted by atomic mass is 10.0. The number of aromatic nitrogens is 3. The summed E-state index contributed by atoms with van der Waals surface area (Å²) in [5.74, 6) is 1.80. The molecule has 9 heteroatoms. The maximum Gasteiger partial charge on any atom is 0.214 e. The fraction of sp³-hybridized carbons (Fsp3) is 0.265. The average Bonchev–Trinajstić information content (AvgIpc) is 3.32. The molecule has 216 valence electrons. The van der Waals surface area contributed by atoms with Gasteiger partial charge in [-0.25, -0.2) is 14.4 Å². The van der Waals surface area contributed by atoms with Crippen molar-refractivity contribution >= 4 is 11.0 Å². The molecular weight excluding hydrogens is 547 g/mol. The summed E-state index contributed by atoms with van der Waals surface area (Å²) in [6.45, 7) is 4.10. The predicted molar refractivity (Wildman–Crippen MR) is 158 cm³/mol. The number of ether oxygens (including phenoxy) is 4. The maximum atomic E-state index is 15.8. The Morgan fingerprint density at radius 2 is 1.81 bits per heavy atom. The van der Waals surface area contributed by atoms with E-state index in [1.54, 1.807) is 42.5 Å². The zero-order valence-corrected chi connectivity index (χ0v) is 23.7. The summed E-state index contributed by atoms with van der Waals surface area (Å²) in [7, 11) is 0. The van der Waals surface area contributed by atoms with Gasteiger partial charge in [-0.1, -0.05) is 18.2 Å². The minimum absolute atomic E-state index is 0.132. The molecule has 1 fully saturated rings. The number of nitriles is 1. The van der Waals surface area contributed by atoms with E-state index < -0.39 is 5.82 Å². The summed E-state index contributed by atoms with van der Waals surface area (Å²) in [6, 6.07) is 22.0. The highest BCUT2D eigenvalue weighted by Gasteiger charge is 2.23. The van der Waals surface area contributed by atoms with Gasteiger partial charge in [0.1, 0.15) is 43.0 Å². The lowest BCUT2D eigenvalue weighted by Gasteiger charge is -2.27. The van der Waals surface area contributed by atoms with Crippen LogP contribution in [0, 0.1) is 24.1 Å². The normalized spacial score (nSPS) is 16.1. The molecule has 3 aromatic carbocycles. The molecule has 1 atom stereocenters. The number of fused-ring (bicyclic) bond motifs is 7. The molecule has 4 heterocycles. The molecule has 8 nitrogen and oxygen atoms in total. The number of halogens is 1. The van der Waals surface area contributed by atoms with Gasteiger partial charge >= 0.3 is 0 Å². The number of pyridine rings is 1. The molecule has 2 aromatic heterocycles. The van der Waals surface area contributed by atoms with E-state index in [9.17, 15) is 5.26 Å². The summed E-state index contributed by atoms with van der Waals surface area (Å²) in [5.41, 5.74) is 5.72. The number of imidazole rings is 1. The van der Waals surface area contributed by atoms with E-state index in [0.717, 1.165) is 41.0 Å². The van der Waals surface area contributed by atoms with Crippen molar-refractivity contribution in [1.82, 2.24) is 14.5 Å². The molecule has 43 heavy (non-hydrogen) atoms. The van der Waals surface area contributed by atoms with Gasteiger partial charge in [-0.05, 0) is 61.4 Å². The molecule has 2 aliphatic heterocycles. The SMILES string of the molecule is Cc1ccc2nc(Cc3cc(F)c4cc3OCCOc3cc(C#N)ccc3COc3cccc-4n3)n(CC3CCO3)c2c1. The highest BCUT2D eigenvalue weighted by Crippen LogP contribution is 2.33. The number of hydrogen-bond acceptors (Lipinski definition) is 7. The van der Waals surface area contributed by atoms with Crippen LogP contribution in [-0.2, 0) is 24.3 Å². The quantitative estimate of drug-likeness (QED) is 0.254. The van der Waals surface area contributed by atoms with Crippen LogP contribution in [0.2, 0.25) is 0 Å². The average molecular weight is 577 g/mol. The Bertz CT molecular complexity index is 1880. The predicted octanol–water partition coefficient (Wildman–Crippen LogP) is 6.15. The van der Waals surface area contributed by atoms with Gasteiger partial charge in [-0.15, -0.1) is 0 Å². The second-order valence-electron chi connectivity index (χ2n) is 10.8. The highest BCUT2D eigenvalue weighted by atomic mass is 19.1. The molecule has 1 unspecified atom stereocenters. The van der Waals surface area contributed by atoms with Gasteiger partial charge in [-0.3, -0.25) is 0 Å². The van der Waals surface area contributed by atoms with Crippen LogP contribution >= 0.6 is 0 Å². The second kappa shape index (κ2) is 11.4. The molecule has 0 spiro atoms. The molecule has 0 N–H and O–H groups in total. The Labute approximate surface area is 248 Å². The Morgan fingerprint density at radius 1 is 0.953 bits per heavy atom. The van der Waals surface area contributed by atoms with Gasteiger partial charge in [0, 0.05) is 35.8 Å². The van der Waals surface area contributed by atoms with E-state index in [2.05, 4.69) is 28.6 Å². The first kappa shape index (κ1) is 26.9. The van der Waals surface area contributed by atoms with Gasteiger partial charge in [0.2, 0.25) is 5.88 Å². The summed E-state index contributed by atoms with van der Waals surface area (Å²) in [4.78, 5) is 9.52. The Hall–Kier alpha value is -4.94. The van der Waals surface area contributed by atoms with Crippen LogP contribution in [0.3, 0.4) is 0 Å². The van der Waals surface area contributed by atoms with E-state index in [-0.39, 0.29) is 25.9 Å². The smallest absolute Gasteiger partial charge is 0.214 e. The molecule has 7 rings (SSSR count).